The van der Waals surface area contributed by atoms with Gasteiger partial charge in [-0.2, -0.15) is 0 Å². The first kappa shape index (κ1) is 19.3. The highest BCUT2D eigenvalue weighted by atomic mass is 35.5. The van der Waals surface area contributed by atoms with E-state index in [0.717, 1.165) is 11.3 Å². The minimum absolute atomic E-state index is 0.0868. The maximum absolute atomic E-state index is 12.2. The fraction of sp³-hybridized carbons (Fsp3) is 0.211. The van der Waals surface area contributed by atoms with Crippen LogP contribution in [0.1, 0.15) is 11.4 Å². The van der Waals surface area contributed by atoms with Gasteiger partial charge in [-0.25, -0.2) is 0 Å². The molecule has 1 N–H and O–H groups in total. The molecule has 8 heteroatoms. The summed E-state index contributed by atoms with van der Waals surface area (Å²) in [5, 5.41) is 12.5. The molecule has 1 amide bonds. The van der Waals surface area contributed by atoms with Gasteiger partial charge in [0.2, 0.25) is 5.91 Å². The fourth-order valence-corrected chi connectivity index (χ4v) is 3.16. The zero-order chi connectivity index (χ0) is 19.2. The molecule has 0 aliphatic carbocycles. The second-order valence-electron chi connectivity index (χ2n) is 5.85. The Kier molecular flexibility index (Phi) is 6.36. The molecular formula is C19H19ClN4O2S. The number of anilines is 1. The van der Waals surface area contributed by atoms with Crippen LogP contribution in [-0.4, -0.2) is 26.4 Å². The number of halogens is 1. The molecule has 0 spiro atoms. The Bertz CT molecular complexity index is 928. The SMILES string of the molecule is Cc1ccccc1NC(=O)CSc1nnc(COc2ccc(Cl)cc2)n1C. The quantitative estimate of drug-likeness (QED) is 0.603. The molecule has 140 valence electrons. The first-order valence-corrected chi connectivity index (χ1v) is 9.64. The Morgan fingerprint density at radius 2 is 1.93 bits per heavy atom. The second-order valence-corrected chi connectivity index (χ2v) is 7.23. The van der Waals surface area contributed by atoms with E-state index in [4.69, 9.17) is 16.3 Å². The lowest BCUT2D eigenvalue weighted by molar-refractivity contribution is -0.113. The minimum Gasteiger partial charge on any atom is -0.486 e. The second kappa shape index (κ2) is 8.92. The van der Waals surface area contributed by atoms with E-state index >= 15 is 0 Å². The number of nitrogens with zero attached hydrogens (tertiary/aromatic N) is 3. The topological polar surface area (TPSA) is 69.0 Å². The number of ether oxygens (including phenoxy) is 1. The molecule has 0 fully saturated rings. The van der Waals surface area contributed by atoms with Gasteiger partial charge in [-0.1, -0.05) is 41.6 Å². The number of benzene rings is 2. The van der Waals surface area contributed by atoms with Crippen LogP contribution in [0.2, 0.25) is 5.02 Å². The van der Waals surface area contributed by atoms with E-state index in [2.05, 4.69) is 15.5 Å². The molecule has 0 saturated heterocycles. The molecule has 27 heavy (non-hydrogen) atoms. The van der Waals surface area contributed by atoms with Crippen LogP contribution in [0.5, 0.6) is 5.75 Å². The highest BCUT2D eigenvalue weighted by Crippen LogP contribution is 2.20. The smallest absolute Gasteiger partial charge is 0.234 e. The van der Waals surface area contributed by atoms with Gasteiger partial charge in [0, 0.05) is 17.8 Å². The van der Waals surface area contributed by atoms with Gasteiger partial charge in [-0.05, 0) is 42.8 Å². The predicted molar refractivity (Wildman–Crippen MR) is 107 cm³/mol. The number of hydrogen-bond donors (Lipinski definition) is 1. The fourth-order valence-electron chi connectivity index (χ4n) is 2.30. The summed E-state index contributed by atoms with van der Waals surface area (Å²) >= 11 is 7.19. The maximum atomic E-state index is 12.2. The van der Waals surface area contributed by atoms with Crippen LogP contribution in [0.3, 0.4) is 0 Å². The van der Waals surface area contributed by atoms with Crippen LogP contribution in [0.15, 0.2) is 53.7 Å². The predicted octanol–water partition coefficient (Wildman–Crippen LogP) is 4.09. The van der Waals surface area contributed by atoms with Crippen molar-refractivity contribution in [1.82, 2.24) is 14.8 Å². The Balaban J connectivity index is 1.53. The lowest BCUT2D eigenvalue weighted by atomic mass is 10.2. The van der Waals surface area contributed by atoms with Gasteiger partial charge in [0.25, 0.3) is 0 Å². The van der Waals surface area contributed by atoms with Crippen LogP contribution in [0.4, 0.5) is 5.69 Å². The zero-order valence-electron chi connectivity index (χ0n) is 15.0. The van der Waals surface area contributed by atoms with Gasteiger partial charge in [0.1, 0.15) is 12.4 Å². The number of rotatable bonds is 7. The van der Waals surface area contributed by atoms with Crippen LogP contribution in [0, 0.1) is 6.92 Å². The summed E-state index contributed by atoms with van der Waals surface area (Å²) in [5.74, 6) is 1.54. The number of aromatic nitrogens is 3. The molecule has 2 aromatic carbocycles. The van der Waals surface area contributed by atoms with Crippen molar-refractivity contribution in [1.29, 1.82) is 0 Å². The van der Waals surface area contributed by atoms with E-state index in [-0.39, 0.29) is 18.3 Å². The summed E-state index contributed by atoms with van der Waals surface area (Å²) in [6.07, 6.45) is 0. The molecule has 6 nitrogen and oxygen atoms in total. The average Bonchev–Trinajstić information content (AvgIpc) is 3.01. The van der Waals surface area contributed by atoms with Crippen LogP contribution in [0.25, 0.3) is 0 Å². The molecule has 0 bridgehead atoms. The standard InChI is InChI=1S/C19H19ClN4O2S/c1-13-5-3-4-6-16(13)21-18(25)12-27-19-23-22-17(24(19)2)11-26-15-9-7-14(20)8-10-15/h3-10H,11-12H2,1-2H3,(H,21,25). The number of amides is 1. The van der Waals surface area contributed by atoms with Gasteiger partial charge in [-0.3, -0.25) is 4.79 Å². The summed E-state index contributed by atoms with van der Waals surface area (Å²) in [6, 6.07) is 14.8. The first-order valence-electron chi connectivity index (χ1n) is 8.28. The molecular weight excluding hydrogens is 384 g/mol. The highest BCUT2D eigenvalue weighted by Gasteiger charge is 2.12. The number of aryl methyl sites for hydroxylation is 1. The van der Waals surface area contributed by atoms with E-state index in [9.17, 15) is 4.79 Å². The van der Waals surface area contributed by atoms with Crippen molar-refractivity contribution in [3.8, 4) is 5.75 Å². The number of carbonyl (C=O) groups excluding carboxylic acids is 1. The van der Waals surface area contributed by atoms with Gasteiger partial charge < -0.3 is 14.6 Å². The Morgan fingerprint density at radius 1 is 1.19 bits per heavy atom. The normalized spacial score (nSPS) is 10.6. The number of thioether (sulfide) groups is 1. The van der Waals surface area contributed by atoms with Crippen molar-refractivity contribution in [3.63, 3.8) is 0 Å². The van der Waals surface area contributed by atoms with Crippen molar-refractivity contribution in [3.05, 3.63) is 64.9 Å². The third-order valence-electron chi connectivity index (χ3n) is 3.86. The maximum Gasteiger partial charge on any atom is 0.234 e. The first-order chi connectivity index (χ1) is 13.0. The minimum atomic E-state index is -0.0868. The molecule has 0 atom stereocenters. The number of carbonyl (C=O) groups is 1. The Morgan fingerprint density at radius 3 is 2.67 bits per heavy atom. The number of hydrogen-bond acceptors (Lipinski definition) is 5. The third-order valence-corrected chi connectivity index (χ3v) is 5.13. The zero-order valence-corrected chi connectivity index (χ0v) is 16.5. The lowest BCUT2D eigenvalue weighted by Crippen LogP contribution is -2.15. The van der Waals surface area contributed by atoms with Crippen molar-refractivity contribution in [2.75, 3.05) is 11.1 Å². The molecule has 0 unspecified atom stereocenters. The van der Waals surface area contributed by atoms with Crippen LogP contribution >= 0.6 is 23.4 Å². The van der Waals surface area contributed by atoms with Crippen molar-refractivity contribution >= 4 is 35.0 Å². The van der Waals surface area contributed by atoms with E-state index in [1.54, 1.807) is 24.3 Å². The van der Waals surface area contributed by atoms with Gasteiger partial charge in [0.15, 0.2) is 11.0 Å². The molecule has 1 heterocycles. The average molecular weight is 403 g/mol. The Hall–Kier alpha value is -2.51. The molecule has 0 aliphatic rings. The largest absolute Gasteiger partial charge is 0.486 e. The molecule has 1 aromatic heterocycles. The number of nitrogens with one attached hydrogen (secondary N) is 1. The molecule has 3 aromatic rings. The number of para-hydroxylation sites is 1. The summed E-state index contributed by atoms with van der Waals surface area (Å²) < 4.78 is 7.51. The molecule has 0 aliphatic heterocycles. The highest BCUT2D eigenvalue weighted by molar-refractivity contribution is 7.99. The monoisotopic (exact) mass is 402 g/mol. The van der Waals surface area contributed by atoms with Crippen molar-refractivity contribution in [2.24, 2.45) is 7.05 Å². The molecule has 0 radical (unpaired) electrons. The van der Waals surface area contributed by atoms with Crippen LogP contribution in [-0.2, 0) is 18.4 Å². The summed E-state index contributed by atoms with van der Waals surface area (Å²) in [4.78, 5) is 12.2. The van der Waals surface area contributed by atoms with Gasteiger partial charge in [-0.15, -0.1) is 10.2 Å². The van der Waals surface area contributed by atoms with E-state index in [1.165, 1.54) is 11.8 Å². The Labute approximate surface area is 166 Å². The van der Waals surface area contributed by atoms with Crippen molar-refractivity contribution < 1.29 is 9.53 Å². The van der Waals surface area contributed by atoms with Gasteiger partial charge in [0.05, 0.1) is 5.75 Å². The molecule has 3 rings (SSSR count). The van der Waals surface area contributed by atoms with E-state index in [1.807, 2.05) is 42.8 Å². The van der Waals surface area contributed by atoms with E-state index in [0.29, 0.717) is 21.8 Å². The third kappa shape index (κ3) is 5.24. The van der Waals surface area contributed by atoms with Crippen LogP contribution < -0.4 is 10.1 Å². The van der Waals surface area contributed by atoms with Crippen molar-refractivity contribution in [2.45, 2.75) is 18.7 Å². The lowest BCUT2D eigenvalue weighted by Gasteiger charge is -2.08. The van der Waals surface area contributed by atoms with E-state index < -0.39 is 0 Å². The molecule has 0 saturated carbocycles. The summed E-state index contributed by atoms with van der Waals surface area (Å²) in [7, 11) is 1.85. The summed E-state index contributed by atoms with van der Waals surface area (Å²) in [6.45, 7) is 2.24. The van der Waals surface area contributed by atoms with Gasteiger partial charge >= 0.3 is 0 Å². The summed E-state index contributed by atoms with van der Waals surface area (Å²) in [5.41, 5.74) is 1.84.